The molecule has 1 aliphatic carbocycles. The zero-order chi connectivity index (χ0) is 14.8. The molecule has 21 heavy (non-hydrogen) atoms. The lowest BCUT2D eigenvalue weighted by Gasteiger charge is -2.10. The number of nitrogen functional groups attached to an aromatic ring is 1. The third kappa shape index (κ3) is 2.73. The predicted molar refractivity (Wildman–Crippen MR) is 81.6 cm³/mol. The summed E-state index contributed by atoms with van der Waals surface area (Å²) in [5, 5.41) is 0.617. The zero-order valence-electron chi connectivity index (χ0n) is 11.7. The molecule has 0 atom stereocenters. The van der Waals surface area contributed by atoms with Crippen molar-refractivity contribution in [2.75, 3.05) is 12.8 Å². The minimum Gasteiger partial charge on any atom is -0.496 e. The van der Waals surface area contributed by atoms with Gasteiger partial charge in [-0.25, -0.2) is 9.97 Å². The lowest BCUT2D eigenvalue weighted by molar-refractivity contribution is 0.411. The van der Waals surface area contributed by atoms with Crippen LogP contribution in [0.3, 0.4) is 0 Å². The molecular formula is C14H16N4O2S. The van der Waals surface area contributed by atoms with Crippen LogP contribution in [0.1, 0.15) is 23.2 Å². The van der Waals surface area contributed by atoms with Crippen molar-refractivity contribution in [3.8, 4) is 5.75 Å². The molecule has 2 aromatic heterocycles. The minimum absolute atomic E-state index is 0.0221. The normalized spacial score (nSPS) is 13.2. The maximum Gasteiger partial charge on any atom is 0.254 e. The Labute approximate surface area is 126 Å². The molecule has 6 nitrogen and oxygen atoms in total. The second-order valence-electron chi connectivity index (χ2n) is 4.82. The van der Waals surface area contributed by atoms with Crippen molar-refractivity contribution in [2.45, 2.75) is 30.2 Å². The summed E-state index contributed by atoms with van der Waals surface area (Å²) in [6.45, 7) is 0. The number of aryl methyl sites for hydroxylation is 1. The Morgan fingerprint density at radius 3 is 3.14 bits per heavy atom. The molecule has 0 saturated heterocycles. The number of rotatable bonds is 4. The number of thioether (sulfide) groups is 1. The third-order valence-corrected chi connectivity index (χ3v) is 4.44. The fourth-order valence-corrected chi connectivity index (χ4v) is 3.36. The highest BCUT2D eigenvalue weighted by atomic mass is 32.2. The van der Waals surface area contributed by atoms with Gasteiger partial charge in [-0.15, -0.1) is 0 Å². The quantitative estimate of drug-likeness (QED) is 0.657. The molecule has 1 aliphatic rings. The van der Waals surface area contributed by atoms with E-state index in [1.807, 2.05) is 0 Å². The van der Waals surface area contributed by atoms with Gasteiger partial charge < -0.3 is 15.5 Å². The molecule has 0 spiro atoms. The van der Waals surface area contributed by atoms with Crippen LogP contribution in [0.15, 0.2) is 22.2 Å². The van der Waals surface area contributed by atoms with Crippen LogP contribution >= 0.6 is 11.8 Å². The van der Waals surface area contributed by atoms with Crippen LogP contribution in [0.25, 0.3) is 0 Å². The number of hydrogen-bond donors (Lipinski definition) is 2. The fraction of sp³-hybridized carbons (Fsp3) is 0.357. The van der Waals surface area contributed by atoms with E-state index in [0.717, 1.165) is 36.1 Å². The van der Waals surface area contributed by atoms with E-state index in [0.29, 0.717) is 22.5 Å². The van der Waals surface area contributed by atoms with E-state index in [2.05, 4.69) is 15.0 Å². The van der Waals surface area contributed by atoms with Gasteiger partial charge in [0.1, 0.15) is 11.6 Å². The molecule has 3 rings (SSSR count). The summed E-state index contributed by atoms with van der Waals surface area (Å²) in [7, 11) is 1.60. The highest BCUT2D eigenvalue weighted by molar-refractivity contribution is 7.98. The summed E-state index contributed by atoms with van der Waals surface area (Å²) in [5.41, 5.74) is 8.43. The van der Waals surface area contributed by atoms with Crippen LogP contribution in [0.4, 0.5) is 5.82 Å². The fourth-order valence-electron chi connectivity index (χ4n) is 2.45. The molecule has 0 aromatic carbocycles. The van der Waals surface area contributed by atoms with E-state index < -0.39 is 0 Å². The third-order valence-electron chi connectivity index (χ3n) is 3.54. The highest BCUT2D eigenvalue weighted by Crippen LogP contribution is 2.29. The zero-order valence-corrected chi connectivity index (χ0v) is 12.5. The Hall–Kier alpha value is -2.02. The number of nitrogens with one attached hydrogen (secondary N) is 1. The van der Waals surface area contributed by atoms with Gasteiger partial charge in [0, 0.05) is 23.1 Å². The van der Waals surface area contributed by atoms with Crippen molar-refractivity contribution in [3.05, 3.63) is 39.4 Å². The van der Waals surface area contributed by atoms with Gasteiger partial charge in [0.2, 0.25) is 0 Å². The molecule has 0 bridgehead atoms. The molecule has 2 aromatic rings. The van der Waals surface area contributed by atoms with Gasteiger partial charge >= 0.3 is 0 Å². The molecule has 7 heteroatoms. The van der Waals surface area contributed by atoms with Crippen LogP contribution < -0.4 is 16.0 Å². The average molecular weight is 304 g/mol. The molecule has 0 aliphatic heterocycles. The number of pyridine rings is 1. The summed E-state index contributed by atoms with van der Waals surface area (Å²) in [6.07, 6.45) is 4.32. The predicted octanol–water partition coefficient (Wildman–Crippen LogP) is 1.54. The Kier molecular flexibility index (Phi) is 3.83. The van der Waals surface area contributed by atoms with E-state index in [4.69, 9.17) is 10.5 Å². The Morgan fingerprint density at radius 1 is 1.48 bits per heavy atom. The van der Waals surface area contributed by atoms with Gasteiger partial charge in [-0.3, -0.25) is 4.79 Å². The molecule has 3 N–H and O–H groups in total. The lowest BCUT2D eigenvalue weighted by Crippen LogP contribution is -2.15. The molecule has 0 radical (unpaired) electrons. The number of hydrogen-bond acceptors (Lipinski definition) is 6. The second kappa shape index (κ2) is 5.77. The molecule has 0 unspecified atom stereocenters. The standard InChI is InChI=1S/C14H16N4O2S/c1-20-11-5-6-16-12(15)9(11)7-21-14-17-10-4-2-3-8(10)13(19)18-14/h5-6H,2-4,7H2,1H3,(H2,15,16)(H,17,18,19). The number of ether oxygens (including phenoxy) is 1. The largest absolute Gasteiger partial charge is 0.496 e. The van der Waals surface area contributed by atoms with Crippen LogP contribution in [-0.4, -0.2) is 22.1 Å². The van der Waals surface area contributed by atoms with Crippen LogP contribution in [-0.2, 0) is 18.6 Å². The van der Waals surface area contributed by atoms with Gasteiger partial charge in [0.15, 0.2) is 5.16 Å². The Morgan fingerprint density at radius 2 is 2.33 bits per heavy atom. The van der Waals surface area contributed by atoms with E-state index in [9.17, 15) is 4.79 Å². The molecular weight excluding hydrogens is 288 g/mol. The van der Waals surface area contributed by atoms with Crippen molar-refractivity contribution in [1.82, 2.24) is 15.0 Å². The van der Waals surface area contributed by atoms with Gasteiger partial charge in [-0.1, -0.05) is 11.8 Å². The molecule has 2 heterocycles. The summed E-state index contributed by atoms with van der Waals surface area (Å²) < 4.78 is 5.29. The van der Waals surface area contributed by atoms with Crippen molar-refractivity contribution in [2.24, 2.45) is 0 Å². The van der Waals surface area contributed by atoms with Gasteiger partial charge in [-0.05, 0) is 25.3 Å². The molecule has 0 amide bonds. The van der Waals surface area contributed by atoms with Crippen molar-refractivity contribution in [1.29, 1.82) is 0 Å². The summed E-state index contributed by atoms with van der Waals surface area (Å²) in [6, 6.07) is 1.77. The smallest absolute Gasteiger partial charge is 0.254 e. The highest BCUT2D eigenvalue weighted by Gasteiger charge is 2.17. The van der Waals surface area contributed by atoms with Crippen LogP contribution in [0.5, 0.6) is 5.75 Å². The number of aromatic amines is 1. The first-order chi connectivity index (χ1) is 10.2. The first-order valence-corrected chi connectivity index (χ1v) is 7.70. The minimum atomic E-state index is -0.0221. The summed E-state index contributed by atoms with van der Waals surface area (Å²) in [5.74, 6) is 1.67. The maximum absolute atomic E-state index is 12.0. The number of aromatic nitrogens is 3. The molecule has 0 saturated carbocycles. The summed E-state index contributed by atoms with van der Waals surface area (Å²) >= 11 is 1.43. The van der Waals surface area contributed by atoms with E-state index in [1.54, 1.807) is 19.4 Å². The van der Waals surface area contributed by atoms with E-state index >= 15 is 0 Å². The lowest BCUT2D eigenvalue weighted by atomic mass is 10.2. The van der Waals surface area contributed by atoms with Gasteiger partial charge in [-0.2, -0.15) is 0 Å². The average Bonchev–Trinajstić information content (AvgIpc) is 2.94. The van der Waals surface area contributed by atoms with E-state index in [1.165, 1.54) is 11.8 Å². The van der Waals surface area contributed by atoms with Gasteiger partial charge in [0.25, 0.3) is 5.56 Å². The first-order valence-electron chi connectivity index (χ1n) is 6.71. The number of nitrogens with zero attached hydrogens (tertiary/aromatic N) is 2. The number of fused-ring (bicyclic) bond motifs is 1. The van der Waals surface area contributed by atoms with Crippen molar-refractivity contribution in [3.63, 3.8) is 0 Å². The number of anilines is 1. The maximum atomic E-state index is 12.0. The van der Waals surface area contributed by atoms with Crippen LogP contribution in [0.2, 0.25) is 0 Å². The Balaban J connectivity index is 1.83. The molecule has 110 valence electrons. The van der Waals surface area contributed by atoms with Crippen molar-refractivity contribution >= 4 is 17.6 Å². The van der Waals surface area contributed by atoms with E-state index in [-0.39, 0.29) is 5.56 Å². The Bertz CT molecular complexity index is 729. The SMILES string of the molecule is COc1ccnc(N)c1CSc1nc2c(c(=O)[nH]1)CCC2. The molecule has 0 fully saturated rings. The number of methoxy groups -OCH3 is 1. The topological polar surface area (TPSA) is 93.9 Å². The van der Waals surface area contributed by atoms with Crippen molar-refractivity contribution < 1.29 is 4.74 Å². The second-order valence-corrected chi connectivity index (χ2v) is 5.78. The first kappa shape index (κ1) is 13.9. The number of H-pyrrole nitrogens is 1. The van der Waals surface area contributed by atoms with Crippen LogP contribution in [0, 0.1) is 0 Å². The van der Waals surface area contributed by atoms with Gasteiger partial charge in [0.05, 0.1) is 12.8 Å². The number of nitrogens with two attached hydrogens (primary N) is 1. The monoisotopic (exact) mass is 304 g/mol. The summed E-state index contributed by atoms with van der Waals surface area (Å²) in [4.78, 5) is 23.4.